The maximum absolute atomic E-state index is 12.0. The first-order valence-electron chi connectivity index (χ1n) is 8.60. The van der Waals surface area contributed by atoms with Gasteiger partial charge in [-0.05, 0) is 55.3 Å². The molecule has 0 fully saturated rings. The fourth-order valence-corrected chi connectivity index (χ4v) is 2.47. The Balaban J connectivity index is 1.63. The molecule has 2 amide bonds. The summed E-state index contributed by atoms with van der Waals surface area (Å²) in [4.78, 5) is 23.9. The predicted molar refractivity (Wildman–Crippen MR) is 103 cm³/mol. The second-order valence-corrected chi connectivity index (χ2v) is 6.13. The van der Waals surface area contributed by atoms with Crippen LogP contribution in [0.15, 0.2) is 48.5 Å². The van der Waals surface area contributed by atoms with Crippen molar-refractivity contribution in [1.29, 1.82) is 0 Å². The van der Waals surface area contributed by atoms with Gasteiger partial charge in [0.25, 0.3) is 5.91 Å². The Labute approximate surface area is 158 Å². The molecule has 0 aliphatic carbocycles. The maximum Gasteiger partial charge on any atom is 0.251 e. The van der Waals surface area contributed by atoms with Crippen LogP contribution in [0.3, 0.4) is 0 Å². The van der Waals surface area contributed by atoms with E-state index in [9.17, 15) is 9.59 Å². The second kappa shape index (κ2) is 10.5. The molecule has 0 aliphatic rings. The van der Waals surface area contributed by atoms with E-state index < -0.39 is 0 Å². The first-order valence-corrected chi connectivity index (χ1v) is 8.98. The summed E-state index contributed by atoms with van der Waals surface area (Å²) in [6, 6.07) is 14.4. The van der Waals surface area contributed by atoms with Gasteiger partial charge in [-0.2, -0.15) is 0 Å². The molecule has 0 aliphatic heterocycles. The summed E-state index contributed by atoms with van der Waals surface area (Å²) in [6.45, 7) is 3.26. The molecule has 6 heteroatoms. The molecule has 138 valence electrons. The van der Waals surface area contributed by atoms with Gasteiger partial charge in [0.1, 0.15) is 5.75 Å². The largest absolute Gasteiger partial charge is 0.494 e. The zero-order valence-corrected chi connectivity index (χ0v) is 15.5. The lowest BCUT2D eigenvalue weighted by atomic mass is 10.1. The van der Waals surface area contributed by atoms with Crippen molar-refractivity contribution in [3.8, 4) is 5.75 Å². The molecule has 26 heavy (non-hydrogen) atoms. The Morgan fingerprint density at radius 1 is 0.962 bits per heavy atom. The first-order chi connectivity index (χ1) is 12.6. The number of ether oxygens (including phenoxy) is 1. The van der Waals surface area contributed by atoms with Gasteiger partial charge in [-0.1, -0.05) is 23.7 Å². The molecule has 0 radical (unpaired) electrons. The smallest absolute Gasteiger partial charge is 0.251 e. The molecule has 0 heterocycles. The number of halogens is 1. The van der Waals surface area contributed by atoms with E-state index in [1.165, 1.54) is 0 Å². The van der Waals surface area contributed by atoms with Gasteiger partial charge in [0.05, 0.1) is 6.61 Å². The highest BCUT2D eigenvalue weighted by Gasteiger charge is 2.06. The zero-order chi connectivity index (χ0) is 18.8. The van der Waals surface area contributed by atoms with E-state index in [1.807, 2.05) is 31.2 Å². The van der Waals surface area contributed by atoms with Crippen LogP contribution < -0.4 is 15.4 Å². The molecule has 0 unspecified atom stereocenters. The lowest BCUT2D eigenvalue weighted by Crippen LogP contribution is -2.34. The summed E-state index contributed by atoms with van der Waals surface area (Å²) >= 11 is 5.83. The van der Waals surface area contributed by atoms with E-state index >= 15 is 0 Å². The van der Waals surface area contributed by atoms with Crippen molar-refractivity contribution in [3.63, 3.8) is 0 Å². The van der Waals surface area contributed by atoms with Crippen LogP contribution >= 0.6 is 11.6 Å². The van der Waals surface area contributed by atoms with Crippen molar-refractivity contribution in [1.82, 2.24) is 10.6 Å². The van der Waals surface area contributed by atoms with Crippen LogP contribution in [-0.2, 0) is 11.2 Å². The Hall–Kier alpha value is -2.53. The Kier molecular flexibility index (Phi) is 7.96. The third-order valence-corrected chi connectivity index (χ3v) is 3.97. The number of hydrogen-bond acceptors (Lipinski definition) is 3. The average molecular weight is 375 g/mol. The highest BCUT2D eigenvalue weighted by Crippen LogP contribution is 2.12. The zero-order valence-electron chi connectivity index (χ0n) is 14.8. The highest BCUT2D eigenvalue weighted by molar-refractivity contribution is 6.30. The summed E-state index contributed by atoms with van der Waals surface area (Å²) in [7, 11) is 0. The van der Waals surface area contributed by atoms with E-state index in [1.54, 1.807) is 24.3 Å². The topological polar surface area (TPSA) is 67.4 Å². The molecule has 2 aromatic rings. The number of benzene rings is 2. The molecule has 2 rings (SSSR count). The van der Waals surface area contributed by atoms with Crippen molar-refractivity contribution in [2.45, 2.75) is 19.8 Å². The van der Waals surface area contributed by atoms with Gasteiger partial charge in [0.2, 0.25) is 5.91 Å². The number of carbonyl (C=O) groups excluding carboxylic acids is 2. The SMILES string of the molecule is CCOc1ccc(C(=O)NCCNC(=O)CCc2ccc(Cl)cc2)cc1. The lowest BCUT2D eigenvalue weighted by Gasteiger charge is -2.08. The van der Waals surface area contributed by atoms with Crippen molar-refractivity contribution in [3.05, 3.63) is 64.7 Å². The molecule has 0 saturated heterocycles. The van der Waals surface area contributed by atoms with E-state index in [2.05, 4.69) is 10.6 Å². The van der Waals surface area contributed by atoms with Gasteiger partial charge in [0, 0.05) is 30.1 Å². The van der Waals surface area contributed by atoms with Crippen molar-refractivity contribution in [2.24, 2.45) is 0 Å². The Morgan fingerprint density at radius 2 is 1.62 bits per heavy atom. The van der Waals surface area contributed by atoms with E-state index in [4.69, 9.17) is 16.3 Å². The van der Waals surface area contributed by atoms with E-state index in [-0.39, 0.29) is 11.8 Å². The molecule has 2 N–H and O–H groups in total. The van der Waals surface area contributed by atoms with Crippen LogP contribution in [0, 0.1) is 0 Å². The van der Waals surface area contributed by atoms with Gasteiger partial charge in [0.15, 0.2) is 0 Å². The Bertz CT molecular complexity index is 715. The number of aryl methyl sites for hydroxylation is 1. The summed E-state index contributed by atoms with van der Waals surface area (Å²) in [5, 5.41) is 6.26. The van der Waals surface area contributed by atoms with Crippen molar-refractivity contribution < 1.29 is 14.3 Å². The van der Waals surface area contributed by atoms with Crippen LogP contribution in [0.25, 0.3) is 0 Å². The second-order valence-electron chi connectivity index (χ2n) is 5.69. The van der Waals surface area contributed by atoms with Gasteiger partial charge in [-0.25, -0.2) is 0 Å². The monoisotopic (exact) mass is 374 g/mol. The number of carbonyl (C=O) groups is 2. The molecular formula is C20H23ClN2O3. The van der Waals surface area contributed by atoms with Crippen molar-refractivity contribution in [2.75, 3.05) is 19.7 Å². The molecular weight excluding hydrogens is 352 g/mol. The van der Waals surface area contributed by atoms with Crippen LogP contribution in [0.4, 0.5) is 0 Å². The number of rotatable bonds is 9. The minimum Gasteiger partial charge on any atom is -0.494 e. The van der Waals surface area contributed by atoms with E-state index in [0.717, 1.165) is 11.3 Å². The summed E-state index contributed by atoms with van der Waals surface area (Å²) in [5.41, 5.74) is 1.62. The molecule has 0 atom stereocenters. The van der Waals surface area contributed by atoms with Gasteiger partial charge < -0.3 is 15.4 Å². The molecule has 0 saturated carbocycles. The fourth-order valence-electron chi connectivity index (χ4n) is 2.35. The summed E-state index contributed by atoms with van der Waals surface area (Å²) in [6.07, 6.45) is 1.05. The minimum absolute atomic E-state index is 0.0460. The quantitative estimate of drug-likeness (QED) is 0.662. The third-order valence-electron chi connectivity index (χ3n) is 3.71. The number of hydrogen-bond donors (Lipinski definition) is 2. The third kappa shape index (κ3) is 6.76. The van der Waals surface area contributed by atoms with Crippen LogP contribution in [0.1, 0.15) is 29.3 Å². The van der Waals surface area contributed by atoms with E-state index in [0.29, 0.717) is 43.1 Å². The van der Waals surface area contributed by atoms with Crippen molar-refractivity contribution >= 4 is 23.4 Å². The van der Waals surface area contributed by atoms with Gasteiger partial charge >= 0.3 is 0 Å². The molecule has 0 aromatic heterocycles. The average Bonchev–Trinajstić information content (AvgIpc) is 2.65. The minimum atomic E-state index is -0.177. The van der Waals surface area contributed by atoms with Gasteiger partial charge in [-0.15, -0.1) is 0 Å². The molecule has 0 spiro atoms. The summed E-state index contributed by atoms with van der Waals surface area (Å²) in [5.74, 6) is 0.510. The lowest BCUT2D eigenvalue weighted by molar-refractivity contribution is -0.121. The molecule has 2 aromatic carbocycles. The standard InChI is InChI=1S/C20H23ClN2O3/c1-2-26-18-10-6-16(7-11-18)20(25)23-14-13-22-19(24)12-5-15-3-8-17(21)9-4-15/h3-4,6-11H,2,5,12-14H2,1H3,(H,22,24)(H,23,25). The van der Waals surface area contributed by atoms with Crippen LogP contribution in [0.5, 0.6) is 5.75 Å². The molecule has 0 bridgehead atoms. The van der Waals surface area contributed by atoms with Gasteiger partial charge in [-0.3, -0.25) is 9.59 Å². The first kappa shape index (κ1) is 19.8. The maximum atomic E-state index is 12.0. The predicted octanol–water partition coefficient (Wildman–Crippen LogP) is 3.22. The number of amides is 2. The Morgan fingerprint density at radius 3 is 2.27 bits per heavy atom. The summed E-state index contributed by atoms with van der Waals surface area (Å²) < 4.78 is 5.34. The molecule has 5 nitrogen and oxygen atoms in total. The normalized spacial score (nSPS) is 10.2. The highest BCUT2D eigenvalue weighted by atomic mass is 35.5. The number of nitrogens with one attached hydrogen (secondary N) is 2. The van der Waals surface area contributed by atoms with Crippen LogP contribution in [0.2, 0.25) is 5.02 Å². The fraction of sp³-hybridized carbons (Fsp3) is 0.300. The van der Waals surface area contributed by atoms with Crippen LogP contribution in [-0.4, -0.2) is 31.5 Å².